The number of carbonyl (C=O) groups is 1. The molecule has 2 aromatic carbocycles. The number of anilines is 1. The maximum Gasteiger partial charge on any atom is 0.410 e. The zero-order valence-electron chi connectivity index (χ0n) is 26.4. The zero-order valence-corrected chi connectivity index (χ0v) is 26.4. The predicted octanol–water partition coefficient (Wildman–Crippen LogP) is 6.00. The minimum atomic E-state index is -1.09. The Morgan fingerprint density at radius 3 is 2.37 bits per heavy atom. The van der Waals surface area contributed by atoms with Crippen molar-refractivity contribution in [2.45, 2.75) is 58.8 Å². The number of aromatic nitrogens is 3. The van der Waals surface area contributed by atoms with Gasteiger partial charge in [0.2, 0.25) is 0 Å². The molecule has 238 valence electrons. The van der Waals surface area contributed by atoms with Crippen LogP contribution in [0.25, 0.3) is 33.3 Å². The summed E-state index contributed by atoms with van der Waals surface area (Å²) in [5.41, 5.74) is -0.681. The molecule has 0 atom stereocenters. The van der Waals surface area contributed by atoms with Crippen LogP contribution in [0.3, 0.4) is 0 Å². The summed E-state index contributed by atoms with van der Waals surface area (Å²) < 4.78 is 38.0. The molecule has 1 amide bonds. The van der Waals surface area contributed by atoms with Gasteiger partial charge >= 0.3 is 6.09 Å². The fourth-order valence-electron chi connectivity index (χ4n) is 5.46. The number of aliphatic hydroxyl groups is 1. The molecule has 1 fully saturated rings. The average Bonchev–Trinajstić information content (AvgIpc) is 3.18. The molecule has 5 rings (SSSR count). The Kier molecular flexibility index (Phi) is 8.70. The molecule has 0 spiro atoms. The van der Waals surface area contributed by atoms with Gasteiger partial charge in [-0.25, -0.2) is 18.6 Å². The molecule has 1 aliphatic heterocycles. The van der Waals surface area contributed by atoms with Gasteiger partial charge in [0.15, 0.2) is 0 Å². The Bertz CT molecular complexity index is 1890. The van der Waals surface area contributed by atoms with Gasteiger partial charge in [-0.1, -0.05) is 6.07 Å². The average molecular weight is 628 g/mol. The van der Waals surface area contributed by atoms with Crippen LogP contribution >= 0.6 is 0 Å². The van der Waals surface area contributed by atoms with Crippen molar-refractivity contribution in [3.8, 4) is 34.5 Å². The van der Waals surface area contributed by atoms with E-state index >= 15 is 4.39 Å². The van der Waals surface area contributed by atoms with E-state index < -0.39 is 28.9 Å². The molecule has 10 nitrogen and oxygen atoms in total. The molecule has 1 N–H and O–H groups in total. The smallest absolute Gasteiger partial charge is 0.410 e. The molecule has 3 heterocycles. The van der Waals surface area contributed by atoms with Gasteiger partial charge in [0.1, 0.15) is 29.1 Å². The topological polar surface area (TPSA) is 131 Å². The number of hydrogen-bond donors (Lipinski definition) is 1. The summed E-state index contributed by atoms with van der Waals surface area (Å²) in [6.45, 7) is 10.5. The van der Waals surface area contributed by atoms with E-state index in [1.807, 2.05) is 4.90 Å². The molecule has 46 heavy (non-hydrogen) atoms. The van der Waals surface area contributed by atoms with Crippen LogP contribution in [-0.4, -0.2) is 68.2 Å². The lowest BCUT2D eigenvalue weighted by molar-refractivity contribution is 0.0263. The van der Waals surface area contributed by atoms with Crippen molar-refractivity contribution < 1.29 is 23.4 Å². The van der Waals surface area contributed by atoms with Crippen LogP contribution in [0.4, 0.5) is 19.4 Å². The van der Waals surface area contributed by atoms with E-state index in [9.17, 15) is 24.8 Å². The molecule has 4 aromatic rings. The largest absolute Gasteiger partial charge is 0.444 e. The van der Waals surface area contributed by atoms with Crippen LogP contribution < -0.4 is 4.90 Å². The Labute approximate surface area is 266 Å². The van der Waals surface area contributed by atoms with Crippen LogP contribution in [-0.2, 0) is 11.3 Å². The summed E-state index contributed by atoms with van der Waals surface area (Å²) in [6.07, 6.45) is 1.73. The first-order valence-corrected chi connectivity index (χ1v) is 14.9. The maximum absolute atomic E-state index is 16.0. The van der Waals surface area contributed by atoms with Crippen LogP contribution in [0.1, 0.15) is 52.2 Å². The molecule has 12 heteroatoms. The van der Waals surface area contributed by atoms with E-state index in [-0.39, 0.29) is 40.1 Å². The predicted molar refractivity (Wildman–Crippen MR) is 169 cm³/mol. The lowest BCUT2D eigenvalue weighted by Gasteiger charge is -2.27. The normalized spacial score (nSPS) is 14.1. The minimum Gasteiger partial charge on any atom is -0.444 e. The third kappa shape index (κ3) is 6.93. The van der Waals surface area contributed by atoms with Crippen molar-refractivity contribution in [1.29, 1.82) is 10.5 Å². The lowest BCUT2D eigenvalue weighted by Crippen LogP contribution is -2.39. The summed E-state index contributed by atoms with van der Waals surface area (Å²) in [5, 5.41) is 34.9. The first-order valence-electron chi connectivity index (χ1n) is 14.9. The summed E-state index contributed by atoms with van der Waals surface area (Å²) >= 11 is 0. The number of halogens is 2. The van der Waals surface area contributed by atoms with Crippen LogP contribution in [0.15, 0.2) is 42.6 Å². The first-order chi connectivity index (χ1) is 21.7. The van der Waals surface area contributed by atoms with Crippen molar-refractivity contribution in [2.75, 3.05) is 31.1 Å². The lowest BCUT2D eigenvalue weighted by atomic mass is 9.93. The van der Waals surface area contributed by atoms with Gasteiger partial charge in [0.25, 0.3) is 0 Å². The standard InChI is InChI=1S/C34H35F2N7O3/c1-33(2,3)46-32(44)42-10-6-9-41(11-12-42)29-15-23(18-38)30(31(40-29)21-7-8-22(17-37)26(35)14-21)25-13-24-19-39-43(20-34(4,5)45)28(24)16-27(25)36/h7-8,13-16,19,45H,6,9-12,20H2,1-5H3. The third-order valence-corrected chi connectivity index (χ3v) is 7.50. The molecule has 2 aromatic heterocycles. The van der Waals surface area contributed by atoms with Gasteiger partial charge in [-0.05, 0) is 65.3 Å². The Balaban J connectivity index is 1.62. The van der Waals surface area contributed by atoms with Crippen molar-refractivity contribution in [3.63, 3.8) is 0 Å². The quantitative estimate of drug-likeness (QED) is 0.285. The van der Waals surface area contributed by atoms with Crippen molar-refractivity contribution >= 4 is 22.8 Å². The second-order valence-corrected chi connectivity index (χ2v) is 13.0. The van der Waals surface area contributed by atoms with E-state index in [2.05, 4.69) is 11.2 Å². The fourth-order valence-corrected chi connectivity index (χ4v) is 5.46. The van der Waals surface area contributed by atoms with Gasteiger partial charge < -0.3 is 19.6 Å². The number of fused-ring (bicyclic) bond motifs is 1. The van der Waals surface area contributed by atoms with E-state index in [1.54, 1.807) is 63.9 Å². The molecule has 1 aliphatic rings. The number of carbonyl (C=O) groups excluding carboxylic acids is 1. The fraction of sp³-hybridized carbons (Fsp3) is 0.382. The Hall–Kier alpha value is -5.07. The van der Waals surface area contributed by atoms with Crippen LogP contribution in [0.5, 0.6) is 0 Å². The molecule has 0 aliphatic carbocycles. The second-order valence-electron chi connectivity index (χ2n) is 13.0. The molecular formula is C34H35F2N7O3. The molecule has 1 saturated heterocycles. The number of ether oxygens (including phenoxy) is 1. The monoisotopic (exact) mass is 627 g/mol. The number of nitriles is 2. The Morgan fingerprint density at radius 2 is 1.72 bits per heavy atom. The van der Waals surface area contributed by atoms with Crippen molar-refractivity contribution in [1.82, 2.24) is 19.7 Å². The highest BCUT2D eigenvalue weighted by Gasteiger charge is 2.27. The molecule has 0 saturated carbocycles. The molecule has 0 radical (unpaired) electrons. The summed E-state index contributed by atoms with van der Waals surface area (Å²) in [5.74, 6) is -1.02. The third-order valence-electron chi connectivity index (χ3n) is 7.50. The zero-order chi connectivity index (χ0) is 33.4. The number of amides is 1. The van der Waals surface area contributed by atoms with Crippen molar-refractivity contribution in [2.24, 2.45) is 0 Å². The number of benzene rings is 2. The van der Waals surface area contributed by atoms with Gasteiger partial charge in [-0.3, -0.25) is 4.68 Å². The van der Waals surface area contributed by atoms with Crippen molar-refractivity contribution in [3.05, 3.63) is 65.4 Å². The number of nitrogens with zero attached hydrogens (tertiary/aromatic N) is 7. The summed E-state index contributed by atoms with van der Waals surface area (Å²) in [4.78, 5) is 21.2. The highest BCUT2D eigenvalue weighted by atomic mass is 19.1. The molecule has 0 bridgehead atoms. The number of hydrogen-bond acceptors (Lipinski definition) is 8. The first kappa shape index (κ1) is 32.3. The van der Waals surface area contributed by atoms with Gasteiger partial charge in [-0.2, -0.15) is 15.6 Å². The SMILES string of the molecule is CC(C)(O)Cn1ncc2cc(-c3c(C#N)cc(N4CCCN(C(=O)OC(C)(C)C)CC4)nc3-c3ccc(C#N)c(F)c3)c(F)cc21. The highest BCUT2D eigenvalue weighted by molar-refractivity contribution is 5.92. The van der Waals surface area contributed by atoms with E-state index in [1.165, 1.54) is 22.9 Å². The Morgan fingerprint density at radius 1 is 0.978 bits per heavy atom. The second kappa shape index (κ2) is 12.4. The van der Waals surface area contributed by atoms with Gasteiger partial charge in [0, 0.05) is 54.3 Å². The number of pyridine rings is 1. The summed E-state index contributed by atoms with van der Waals surface area (Å²) in [7, 11) is 0. The molecule has 0 unspecified atom stereocenters. The van der Waals surface area contributed by atoms with Gasteiger partial charge in [-0.15, -0.1) is 0 Å². The minimum absolute atomic E-state index is 0.0673. The van der Waals surface area contributed by atoms with Crippen LogP contribution in [0.2, 0.25) is 0 Å². The van der Waals surface area contributed by atoms with E-state index in [0.29, 0.717) is 49.3 Å². The summed E-state index contributed by atoms with van der Waals surface area (Å²) in [6, 6.07) is 12.4. The van der Waals surface area contributed by atoms with E-state index in [4.69, 9.17) is 9.72 Å². The van der Waals surface area contributed by atoms with E-state index in [0.717, 1.165) is 6.07 Å². The highest BCUT2D eigenvalue weighted by Crippen LogP contribution is 2.39. The van der Waals surface area contributed by atoms with Crippen LogP contribution in [0, 0.1) is 34.3 Å². The van der Waals surface area contributed by atoms with Gasteiger partial charge in [0.05, 0.1) is 46.7 Å². The molecular weight excluding hydrogens is 592 g/mol. The number of rotatable bonds is 5. The maximum atomic E-state index is 16.0.